The summed E-state index contributed by atoms with van der Waals surface area (Å²) in [6, 6.07) is 14.4. The molecule has 27 heavy (non-hydrogen) atoms. The summed E-state index contributed by atoms with van der Waals surface area (Å²) < 4.78 is 0. The molecule has 0 radical (unpaired) electrons. The Morgan fingerprint density at radius 3 is 2.52 bits per heavy atom. The molecule has 0 spiro atoms. The summed E-state index contributed by atoms with van der Waals surface area (Å²) in [5, 5.41) is 9.39. The molecule has 2 amide bonds. The topological polar surface area (TPSA) is 70.2 Å². The van der Waals surface area contributed by atoms with Crippen LogP contribution in [0.25, 0.3) is 0 Å². The van der Waals surface area contributed by atoms with Crippen LogP contribution in [0.2, 0.25) is 5.02 Å². The normalized spacial score (nSPS) is 18.9. The van der Waals surface area contributed by atoms with Crippen molar-refractivity contribution in [3.8, 4) is 0 Å². The van der Waals surface area contributed by atoms with Crippen LogP contribution in [0, 0.1) is 5.92 Å². The van der Waals surface area contributed by atoms with Gasteiger partial charge in [-0.25, -0.2) is 0 Å². The van der Waals surface area contributed by atoms with Gasteiger partial charge in [0.15, 0.2) is 0 Å². The Morgan fingerprint density at radius 2 is 1.81 bits per heavy atom. The van der Waals surface area contributed by atoms with Crippen molar-refractivity contribution in [2.45, 2.75) is 25.8 Å². The summed E-state index contributed by atoms with van der Waals surface area (Å²) in [6.45, 7) is 2.92. The van der Waals surface area contributed by atoms with E-state index in [4.69, 9.17) is 11.6 Å². The van der Waals surface area contributed by atoms with Crippen LogP contribution in [0.1, 0.15) is 30.1 Å². The number of benzene rings is 2. The van der Waals surface area contributed by atoms with Gasteiger partial charge in [-0.3, -0.25) is 9.59 Å². The summed E-state index contributed by atoms with van der Waals surface area (Å²) >= 11 is 6.18. The highest BCUT2D eigenvalue weighted by Gasteiger charge is 2.25. The number of rotatable bonds is 4. The van der Waals surface area contributed by atoms with Gasteiger partial charge in [0.2, 0.25) is 5.91 Å². The van der Waals surface area contributed by atoms with Crippen LogP contribution in [0.5, 0.6) is 0 Å². The highest BCUT2D eigenvalue weighted by atomic mass is 35.5. The van der Waals surface area contributed by atoms with E-state index >= 15 is 0 Å². The first-order valence-electron chi connectivity index (χ1n) is 8.73. The van der Waals surface area contributed by atoms with Gasteiger partial charge < -0.3 is 16.0 Å². The predicted octanol–water partition coefficient (Wildman–Crippen LogP) is 4.34. The molecule has 0 saturated carbocycles. The van der Waals surface area contributed by atoms with E-state index in [9.17, 15) is 9.59 Å². The average molecular weight is 408 g/mol. The Labute approximate surface area is 170 Å². The van der Waals surface area contributed by atoms with Gasteiger partial charge >= 0.3 is 0 Å². The number of hydrogen-bond donors (Lipinski definition) is 3. The van der Waals surface area contributed by atoms with Crippen LogP contribution in [0.15, 0.2) is 48.5 Å². The van der Waals surface area contributed by atoms with Gasteiger partial charge in [-0.1, -0.05) is 29.8 Å². The standard InChI is InChI=1S/C20H22ClN3O2.ClH/c1-13-11-14(9-10-22-13)19(25)24-16-7-8-18(21)17(12-16)20(26)23-15-5-3-2-4-6-15;/h2-8,12-14,22H,9-11H2,1H3,(H,23,26)(H,24,25);1H/t13-,14-;/m0./s1. The first-order valence-corrected chi connectivity index (χ1v) is 9.11. The van der Waals surface area contributed by atoms with Gasteiger partial charge in [0, 0.05) is 23.3 Å². The van der Waals surface area contributed by atoms with E-state index in [1.807, 2.05) is 18.2 Å². The van der Waals surface area contributed by atoms with Gasteiger partial charge in [0.25, 0.3) is 5.91 Å². The molecule has 3 rings (SSSR count). The summed E-state index contributed by atoms with van der Waals surface area (Å²) in [7, 11) is 0. The second kappa shape index (κ2) is 9.74. The molecule has 1 aliphatic rings. The number of carbonyl (C=O) groups is 2. The molecule has 0 aliphatic carbocycles. The first kappa shape index (κ1) is 21.2. The number of carbonyl (C=O) groups excluding carboxylic acids is 2. The fourth-order valence-corrected chi connectivity index (χ4v) is 3.31. The number of nitrogens with one attached hydrogen (secondary N) is 3. The molecular weight excluding hydrogens is 385 g/mol. The Hall–Kier alpha value is -2.08. The van der Waals surface area contributed by atoms with Crippen molar-refractivity contribution in [1.29, 1.82) is 0 Å². The molecule has 5 nitrogen and oxygen atoms in total. The summed E-state index contributed by atoms with van der Waals surface area (Å²) in [5.74, 6) is -0.355. The van der Waals surface area contributed by atoms with Crippen molar-refractivity contribution < 1.29 is 9.59 Å². The minimum atomic E-state index is -0.312. The Balaban J connectivity index is 0.00000261. The quantitative estimate of drug-likeness (QED) is 0.705. The lowest BCUT2D eigenvalue weighted by atomic mass is 9.92. The second-order valence-electron chi connectivity index (χ2n) is 6.58. The highest BCUT2D eigenvalue weighted by Crippen LogP contribution is 2.24. The molecule has 2 atom stereocenters. The fraction of sp³-hybridized carbons (Fsp3) is 0.300. The summed E-state index contributed by atoms with van der Waals surface area (Å²) in [5.41, 5.74) is 1.59. The van der Waals surface area contributed by atoms with Crippen molar-refractivity contribution in [2.75, 3.05) is 17.2 Å². The van der Waals surface area contributed by atoms with Crippen LogP contribution in [-0.4, -0.2) is 24.4 Å². The molecule has 0 bridgehead atoms. The Kier molecular flexibility index (Phi) is 7.66. The highest BCUT2D eigenvalue weighted by molar-refractivity contribution is 6.34. The first-order chi connectivity index (χ1) is 12.5. The lowest BCUT2D eigenvalue weighted by molar-refractivity contribution is -0.120. The van der Waals surface area contributed by atoms with Crippen LogP contribution < -0.4 is 16.0 Å². The molecule has 144 valence electrons. The van der Waals surface area contributed by atoms with Crippen LogP contribution in [0.3, 0.4) is 0 Å². The van der Waals surface area contributed by atoms with E-state index in [-0.39, 0.29) is 30.1 Å². The molecule has 0 aromatic heterocycles. The maximum absolute atomic E-state index is 12.5. The number of piperidine rings is 1. The maximum Gasteiger partial charge on any atom is 0.257 e. The molecule has 1 aliphatic heterocycles. The van der Waals surface area contributed by atoms with Crippen LogP contribution in [-0.2, 0) is 4.79 Å². The molecule has 1 heterocycles. The second-order valence-corrected chi connectivity index (χ2v) is 6.99. The predicted molar refractivity (Wildman–Crippen MR) is 112 cm³/mol. The minimum absolute atomic E-state index is 0. The third kappa shape index (κ3) is 5.70. The summed E-state index contributed by atoms with van der Waals surface area (Å²) in [6.07, 6.45) is 1.62. The lowest BCUT2D eigenvalue weighted by Gasteiger charge is -2.27. The zero-order chi connectivity index (χ0) is 18.5. The van der Waals surface area contributed by atoms with Crippen molar-refractivity contribution in [1.82, 2.24) is 5.32 Å². The molecular formula is C20H23Cl2N3O2. The van der Waals surface area contributed by atoms with E-state index < -0.39 is 0 Å². The molecule has 2 aromatic carbocycles. The zero-order valence-electron chi connectivity index (χ0n) is 15.0. The van der Waals surface area contributed by atoms with E-state index in [1.54, 1.807) is 30.3 Å². The molecule has 1 saturated heterocycles. The number of amides is 2. The monoisotopic (exact) mass is 407 g/mol. The van der Waals surface area contributed by atoms with Gasteiger partial charge in [-0.05, 0) is 56.6 Å². The molecule has 1 fully saturated rings. The molecule has 7 heteroatoms. The smallest absolute Gasteiger partial charge is 0.257 e. The van der Waals surface area contributed by atoms with Crippen molar-refractivity contribution >= 4 is 47.2 Å². The fourth-order valence-electron chi connectivity index (χ4n) is 3.11. The van der Waals surface area contributed by atoms with Crippen molar-refractivity contribution in [3.05, 3.63) is 59.1 Å². The van der Waals surface area contributed by atoms with Crippen molar-refractivity contribution in [2.24, 2.45) is 5.92 Å². The minimum Gasteiger partial charge on any atom is -0.326 e. The number of halogens is 2. The molecule has 2 aromatic rings. The Morgan fingerprint density at radius 1 is 1.07 bits per heavy atom. The van der Waals surface area contributed by atoms with E-state index in [0.29, 0.717) is 28.0 Å². The van der Waals surface area contributed by atoms with E-state index in [0.717, 1.165) is 19.4 Å². The number of para-hydroxylation sites is 1. The molecule has 0 unspecified atom stereocenters. The van der Waals surface area contributed by atoms with Gasteiger partial charge in [0.05, 0.1) is 10.6 Å². The number of hydrogen-bond acceptors (Lipinski definition) is 3. The zero-order valence-corrected chi connectivity index (χ0v) is 16.6. The maximum atomic E-state index is 12.5. The van der Waals surface area contributed by atoms with Crippen molar-refractivity contribution in [3.63, 3.8) is 0 Å². The van der Waals surface area contributed by atoms with E-state index in [1.165, 1.54) is 0 Å². The van der Waals surface area contributed by atoms with Gasteiger partial charge in [-0.15, -0.1) is 12.4 Å². The summed E-state index contributed by atoms with van der Waals surface area (Å²) in [4.78, 5) is 25.0. The molecule has 3 N–H and O–H groups in total. The van der Waals surface area contributed by atoms with Crippen LogP contribution >= 0.6 is 24.0 Å². The number of anilines is 2. The van der Waals surface area contributed by atoms with Gasteiger partial charge in [0.1, 0.15) is 0 Å². The Bertz CT molecular complexity index is 799. The third-order valence-electron chi connectivity index (χ3n) is 4.50. The van der Waals surface area contributed by atoms with Gasteiger partial charge in [-0.2, -0.15) is 0 Å². The third-order valence-corrected chi connectivity index (χ3v) is 4.83. The SMILES string of the molecule is C[C@H]1C[C@@H](C(=O)Nc2ccc(Cl)c(C(=O)Nc3ccccc3)c2)CCN1.Cl. The lowest BCUT2D eigenvalue weighted by Crippen LogP contribution is -2.40. The van der Waals surface area contributed by atoms with Crippen LogP contribution in [0.4, 0.5) is 11.4 Å². The average Bonchev–Trinajstić information content (AvgIpc) is 2.64. The largest absolute Gasteiger partial charge is 0.326 e. The van der Waals surface area contributed by atoms with E-state index in [2.05, 4.69) is 22.9 Å².